The molecule has 44 heavy (non-hydrogen) atoms. The molecule has 0 saturated carbocycles. The zero-order valence-corrected chi connectivity index (χ0v) is 25.3. The van der Waals surface area contributed by atoms with Crippen LogP contribution < -0.4 is 4.90 Å². The van der Waals surface area contributed by atoms with E-state index in [1.165, 1.54) is 6.08 Å². The van der Waals surface area contributed by atoms with Gasteiger partial charge in [0.1, 0.15) is 11.0 Å². The first kappa shape index (κ1) is 28.3. The average molecular weight is 608 g/mol. The van der Waals surface area contributed by atoms with Crippen LogP contribution in [0.25, 0.3) is 43.8 Å². The minimum Gasteiger partial charge on any atom is -0.351 e. The fraction of sp³-hybridized carbons (Fsp3) is 0.294. The summed E-state index contributed by atoms with van der Waals surface area (Å²) in [5.41, 5.74) is 2.62. The molecule has 0 radical (unpaired) electrons. The minimum atomic E-state index is -0.485. The van der Waals surface area contributed by atoms with E-state index in [9.17, 15) is 10.1 Å². The Morgan fingerprint density at radius 3 is 2.68 bits per heavy atom. The number of hydrogen-bond acceptors (Lipinski definition) is 6. The lowest BCUT2D eigenvalue weighted by Crippen LogP contribution is -2.57. The predicted octanol–water partition coefficient (Wildman–Crippen LogP) is 6.19. The standard InChI is InChI=1S/C34H31ClFN7O/c1-4-28(44)42-18-22(14-21(42)12-13-37)43-19-38-32-33(43)26-15-27(35)29(25-11-7-9-20-8-5-6-10-24(20)25)30(36)31(26)39-34(32)41-16-23(17-41)40(2)3/h4-11,15,19,21-23H,1,12,14,16-18H2,2-3H3. The highest BCUT2D eigenvalue weighted by atomic mass is 35.5. The van der Waals surface area contributed by atoms with Crippen LogP contribution in [0.4, 0.5) is 10.2 Å². The van der Waals surface area contributed by atoms with Gasteiger partial charge in [-0.05, 0) is 49.0 Å². The van der Waals surface area contributed by atoms with Crippen molar-refractivity contribution < 1.29 is 9.18 Å². The van der Waals surface area contributed by atoms with Crippen molar-refractivity contribution in [2.75, 3.05) is 38.6 Å². The van der Waals surface area contributed by atoms with Gasteiger partial charge in [0, 0.05) is 42.7 Å². The monoisotopic (exact) mass is 607 g/mol. The zero-order chi connectivity index (χ0) is 30.7. The number of nitrogens with zero attached hydrogens (tertiary/aromatic N) is 7. The lowest BCUT2D eigenvalue weighted by Gasteiger charge is -2.43. The van der Waals surface area contributed by atoms with Crippen LogP contribution in [0.15, 0.2) is 67.5 Å². The van der Waals surface area contributed by atoms with E-state index in [4.69, 9.17) is 21.6 Å². The van der Waals surface area contributed by atoms with Gasteiger partial charge in [0.15, 0.2) is 11.6 Å². The lowest BCUT2D eigenvalue weighted by atomic mass is 9.96. The topological polar surface area (TPSA) is 81.3 Å². The summed E-state index contributed by atoms with van der Waals surface area (Å²) >= 11 is 6.95. The molecule has 5 aromatic rings. The number of rotatable bonds is 6. The number of halogens is 2. The van der Waals surface area contributed by atoms with Gasteiger partial charge in [0.2, 0.25) is 5.91 Å². The van der Waals surface area contributed by atoms with Crippen molar-refractivity contribution in [2.45, 2.75) is 31.0 Å². The number of anilines is 1. The van der Waals surface area contributed by atoms with E-state index in [0.717, 1.165) is 29.4 Å². The number of amides is 1. The summed E-state index contributed by atoms with van der Waals surface area (Å²) in [5, 5.41) is 12.2. The molecule has 2 aliphatic heterocycles. The van der Waals surface area contributed by atoms with Crippen molar-refractivity contribution in [1.82, 2.24) is 24.3 Å². The summed E-state index contributed by atoms with van der Waals surface area (Å²) in [6.45, 7) is 5.52. The Balaban J connectivity index is 1.45. The summed E-state index contributed by atoms with van der Waals surface area (Å²) in [7, 11) is 4.10. The summed E-state index contributed by atoms with van der Waals surface area (Å²) in [5.74, 6) is -0.0739. The molecule has 0 bridgehead atoms. The van der Waals surface area contributed by atoms with Crippen molar-refractivity contribution >= 4 is 56.0 Å². The highest BCUT2D eigenvalue weighted by Gasteiger charge is 2.37. The summed E-state index contributed by atoms with van der Waals surface area (Å²) < 4.78 is 18.9. The van der Waals surface area contributed by atoms with Gasteiger partial charge in [0.05, 0.1) is 35.4 Å². The van der Waals surface area contributed by atoms with Crippen LogP contribution in [0.5, 0.6) is 0 Å². The SMILES string of the molecule is C=CC(=O)N1CC(n2cnc3c(N4CC(N(C)C)C4)nc4c(F)c(-c5cccc6ccccc56)c(Cl)cc4c32)CC1CC#N. The molecule has 2 unspecified atom stereocenters. The van der Waals surface area contributed by atoms with Gasteiger partial charge in [-0.2, -0.15) is 5.26 Å². The van der Waals surface area contributed by atoms with Crippen LogP contribution in [0.2, 0.25) is 5.02 Å². The maximum atomic E-state index is 16.9. The molecule has 8 nitrogen and oxygen atoms in total. The Bertz CT molecular complexity index is 2000. The van der Waals surface area contributed by atoms with Crippen molar-refractivity contribution in [1.29, 1.82) is 5.26 Å². The molecule has 2 aromatic heterocycles. The molecule has 0 spiro atoms. The zero-order valence-electron chi connectivity index (χ0n) is 24.5. The maximum absolute atomic E-state index is 16.9. The van der Waals surface area contributed by atoms with E-state index in [2.05, 4.69) is 22.4 Å². The number of likely N-dealkylation sites (N-methyl/N-ethyl adjacent to an activating group) is 1. The summed E-state index contributed by atoms with van der Waals surface area (Å²) in [4.78, 5) is 28.5. The number of imidazole rings is 1. The van der Waals surface area contributed by atoms with E-state index in [0.29, 0.717) is 46.9 Å². The minimum absolute atomic E-state index is 0.175. The van der Waals surface area contributed by atoms with Crippen molar-refractivity contribution in [3.63, 3.8) is 0 Å². The Morgan fingerprint density at radius 2 is 1.93 bits per heavy atom. The van der Waals surface area contributed by atoms with Gasteiger partial charge in [-0.1, -0.05) is 60.6 Å². The molecule has 4 heterocycles. The number of benzene rings is 3. The first-order valence-electron chi connectivity index (χ1n) is 14.7. The van der Waals surface area contributed by atoms with Gasteiger partial charge < -0.3 is 19.3 Å². The van der Waals surface area contributed by atoms with E-state index in [-0.39, 0.29) is 35.0 Å². The molecule has 2 aliphatic rings. The van der Waals surface area contributed by atoms with E-state index in [1.807, 2.05) is 61.1 Å². The quantitative estimate of drug-likeness (QED) is 0.214. The summed E-state index contributed by atoms with van der Waals surface area (Å²) in [6.07, 6.45) is 3.81. The molecular formula is C34H31ClFN7O. The number of carbonyl (C=O) groups is 1. The Kier molecular flexibility index (Phi) is 6.99. The van der Waals surface area contributed by atoms with Crippen LogP contribution in [0.1, 0.15) is 18.9 Å². The van der Waals surface area contributed by atoms with Crippen LogP contribution in [-0.2, 0) is 4.79 Å². The number of fused-ring (bicyclic) bond motifs is 4. The number of carbonyl (C=O) groups excluding carboxylic acids is 1. The van der Waals surface area contributed by atoms with Gasteiger partial charge in [-0.15, -0.1) is 0 Å². The number of nitriles is 1. The fourth-order valence-electron chi connectivity index (χ4n) is 6.77. The number of aromatic nitrogens is 3. The third-order valence-corrected chi connectivity index (χ3v) is 9.49. The van der Waals surface area contributed by atoms with Crippen LogP contribution in [0, 0.1) is 17.1 Å². The second kappa shape index (κ2) is 10.9. The third-order valence-electron chi connectivity index (χ3n) is 9.19. The molecule has 7 rings (SSSR count). The molecule has 2 atom stereocenters. The number of likely N-dealkylation sites (tertiary alicyclic amines) is 1. The smallest absolute Gasteiger partial charge is 0.246 e. The van der Waals surface area contributed by atoms with Gasteiger partial charge >= 0.3 is 0 Å². The molecule has 10 heteroatoms. The maximum Gasteiger partial charge on any atom is 0.246 e. The Labute approximate surface area is 259 Å². The largest absolute Gasteiger partial charge is 0.351 e. The molecule has 2 saturated heterocycles. The van der Waals surface area contributed by atoms with Crippen molar-refractivity contribution in [2.24, 2.45) is 0 Å². The van der Waals surface area contributed by atoms with E-state index >= 15 is 4.39 Å². The Hall–Kier alpha value is -4.52. The molecular weight excluding hydrogens is 577 g/mol. The second-order valence-corrected chi connectivity index (χ2v) is 12.3. The van der Waals surface area contributed by atoms with E-state index in [1.54, 1.807) is 17.3 Å². The molecule has 2 fully saturated rings. The van der Waals surface area contributed by atoms with Gasteiger partial charge in [0.25, 0.3) is 0 Å². The second-order valence-electron chi connectivity index (χ2n) is 11.9. The van der Waals surface area contributed by atoms with Gasteiger partial charge in [-0.25, -0.2) is 14.4 Å². The van der Waals surface area contributed by atoms with Crippen LogP contribution >= 0.6 is 11.6 Å². The molecule has 3 aromatic carbocycles. The van der Waals surface area contributed by atoms with Crippen molar-refractivity contribution in [3.8, 4) is 17.2 Å². The molecule has 1 amide bonds. The predicted molar refractivity (Wildman–Crippen MR) is 172 cm³/mol. The average Bonchev–Trinajstić information content (AvgIpc) is 3.62. The number of pyridine rings is 1. The van der Waals surface area contributed by atoms with E-state index < -0.39 is 5.82 Å². The molecule has 0 N–H and O–H groups in total. The normalized spacial score (nSPS) is 18.8. The van der Waals surface area contributed by atoms with Crippen LogP contribution in [-0.4, -0.2) is 76.1 Å². The highest BCUT2D eigenvalue weighted by Crippen LogP contribution is 2.43. The van der Waals surface area contributed by atoms with Crippen LogP contribution in [0.3, 0.4) is 0 Å². The molecule has 222 valence electrons. The fourth-order valence-corrected chi connectivity index (χ4v) is 7.06. The number of hydrogen-bond donors (Lipinski definition) is 0. The molecule has 0 aliphatic carbocycles. The third kappa shape index (κ3) is 4.40. The van der Waals surface area contributed by atoms with Crippen molar-refractivity contribution in [3.05, 3.63) is 78.4 Å². The van der Waals surface area contributed by atoms with Gasteiger partial charge in [-0.3, -0.25) is 4.79 Å². The first-order valence-corrected chi connectivity index (χ1v) is 15.1. The first-order chi connectivity index (χ1) is 21.3. The summed E-state index contributed by atoms with van der Waals surface area (Å²) in [6, 6.07) is 17.6. The highest BCUT2D eigenvalue weighted by molar-refractivity contribution is 6.35. The Morgan fingerprint density at radius 1 is 1.16 bits per heavy atom. The lowest BCUT2D eigenvalue weighted by molar-refractivity contribution is -0.126.